The van der Waals surface area contributed by atoms with Crippen molar-refractivity contribution in [3.63, 3.8) is 0 Å². The van der Waals surface area contributed by atoms with Crippen LogP contribution >= 0.6 is 0 Å². The van der Waals surface area contributed by atoms with E-state index in [1.54, 1.807) is 6.20 Å². The number of hydrogen-bond donors (Lipinski definition) is 0. The Morgan fingerprint density at radius 3 is 2.32 bits per heavy atom. The van der Waals surface area contributed by atoms with E-state index in [9.17, 15) is 0 Å². The van der Waals surface area contributed by atoms with Crippen LogP contribution in [-0.4, -0.2) is 32.6 Å². The molecule has 0 fully saturated rings. The maximum atomic E-state index is 6.29. The number of hydrogen-bond acceptors (Lipinski definition) is 5. The molecule has 47 heavy (non-hydrogen) atoms. The van der Waals surface area contributed by atoms with E-state index >= 15 is 0 Å². The van der Waals surface area contributed by atoms with Crippen molar-refractivity contribution in [3.8, 4) is 22.6 Å². The molecule has 0 atom stereocenters. The van der Waals surface area contributed by atoms with Crippen LogP contribution in [0.25, 0.3) is 55.7 Å². The van der Waals surface area contributed by atoms with Crippen molar-refractivity contribution in [1.82, 2.24) is 24.5 Å². The van der Waals surface area contributed by atoms with Crippen molar-refractivity contribution in [1.29, 1.82) is 0 Å². The number of furan rings is 1. The normalized spacial score (nSPS) is 11.7. The minimum absolute atomic E-state index is 0. The molecule has 0 saturated heterocycles. The van der Waals surface area contributed by atoms with Gasteiger partial charge in [0, 0.05) is 50.6 Å². The van der Waals surface area contributed by atoms with Crippen molar-refractivity contribution in [2.45, 2.75) is 72.6 Å². The molecular weight excluding hydrogens is 775 g/mol. The quantitative estimate of drug-likeness (QED) is 0.124. The van der Waals surface area contributed by atoms with Crippen LogP contribution in [0.4, 0.5) is 0 Å². The Hall–Kier alpha value is -3.97. The molecule has 6 nitrogen and oxygen atoms in total. The first kappa shape index (κ1) is 34.4. The van der Waals surface area contributed by atoms with E-state index < -0.39 is 8.07 Å². The number of fused-ring (bicyclic) bond motifs is 4. The summed E-state index contributed by atoms with van der Waals surface area (Å²) in [6.45, 7) is 18.6. The van der Waals surface area contributed by atoms with Gasteiger partial charge in [-0.05, 0) is 41.9 Å². The Morgan fingerprint density at radius 1 is 0.872 bits per heavy atom. The van der Waals surface area contributed by atoms with Crippen molar-refractivity contribution >= 4 is 46.4 Å². The summed E-state index contributed by atoms with van der Waals surface area (Å²) in [6.07, 6.45) is 5.63. The Morgan fingerprint density at radius 2 is 1.68 bits per heavy atom. The molecule has 0 saturated carbocycles. The smallest absolute Gasteiger partial charge is 0.216 e. The molecule has 0 aliphatic heterocycles. The summed E-state index contributed by atoms with van der Waals surface area (Å²) in [5.74, 6) is 1.52. The molecule has 7 aromatic rings. The van der Waals surface area contributed by atoms with E-state index in [2.05, 4.69) is 110 Å². The second kappa shape index (κ2) is 14.0. The van der Waals surface area contributed by atoms with Gasteiger partial charge < -0.3 is 14.0 Å². The van der Waals surface area contributed by atoms with Crippen molar-refractivity contribution < 1.29 is 24.5 Å². The predicted octanol–water partition coefficient (Wildman–Crippen LogP) is 9.55. The van der Waals surface area contributed by atoms with E-state index in [0.717, 1.165) is 62.3 Å². The van der Waals surface area contributed by atoms with Gasteiger partial charge in [-0.1, -0.05) is 76.3 Å². The Bertz CT molecular complexity index is 2130. The largest absolute Gasteiger partial charge is 0.486 e. The van der Waals surface area contributed by atoms with Gasteiger partial charge >= 0.3 is 0 Å². The Kier molecular flexibility index (Phi) is 10.3. The minimum atomic E-state index is -1.23. The number of pyridine rings is 3. The molecule has 0 unspecified atom stereocenters. The third-order valence-corrected chi connectivity index (χ3v) is 10.4. The monoisotopic (exact) mass is 816 g/mol. The fourth-order valence-electron chi connectivity index (χ4n) is 5.88. The van der Waals surface area contributed by atoms with Crippen molar-refractivity contribution in [2.75, 3.05) is 0 Å². The van der Waals surface area contributed by atoms with E-state index in [0.29, 0.717) is 17.5 Å². The second-order valence-corrected chi connectivity index (χ2v) is 18.4. The number of aromatic nitrogens is 5. The summed E-state index contributed by atoms with van der Waals surface area (Å²) in [5, 5.41) is 3.54. The van der Waals surface area contributed by atoms with Gasteiger partial charge in [-0.3, -0.25) is 9.97 Å². The van der Waals surface area contributed by atoms with Crippen LogP contribution in [0, 0.1) is 12.1 Å². The molecule has 8 heteroatoms. The summed E-state index contributed by atoms with van der Waals surface area (Å²) >= 11 is 0. The SMILES string of the molecule is CCn1c(-c2[c-]cc(C(C)C)c3c2oc2ncccc23)nc2ccnc(C(C)C)c21.C[Si](C)(C)c1ccc(-c2[c-]cccc2)nc1.[Ir]. The fraction of sp³-hybridized carbons (Fsp3) is 0.282. The molecule has 7 rings (SSSR count). The van der Waals surface area contributed by atoms with Crippen LogP contribution in [0.2, 0.25) is 19.6 Å². The number of nitrogens with zero attached hydrogens (tertiary/aromatic N) is 5. The zero-order chi connectivity index (χ0) is 32.6. The molecule has 2 aromatic carbocycles. The summed E-state index contributed by atoms with van der Waals surface area (Å²) < 4.78 is 8.53. The van der Waals surface area contributed by atoms with Crippen molar-refractivity contribution in [3.05, 3.63) is 103 Å². The van der Waals surface area contributed by atoms with Crippen LogP contribution in [-0.2, 0) is 26.7 Å². The van der Waals surface area contributed by atoms with Crippen LogP contribution in [0.15, 0.2) is 83.7 Å². The number of rotatable bonds is 6. The summed E-state index contributed by atoms with van der Waals surface area (Å²) in [5.41, 5.74) is 8.71. The topological polar surface area (TPSA) is 69.6 Å². The Balaban J connectivity index is 0.000000217. The summed E-state index contributed by atoms with van der Waals surface area (Å²) in [4.78, 5) is 18.6. The second-order valence-electron chi connectivity index (χ2n) is 13.3. The first-order chi connectivity index (χ1) is 22.1. The first-order valence-electron chi connectivity index (χ1n) is 16.1. The molecular formula is C39H41IrN5OSi-2. The zero-order valence-electron chi connectivity index (χ0n) is 28.3. The number of aryl methyl sites for hydroxylation is 1. The maximum Gasteiger partial charge on any atom is 0.216 e. The summed E-state index contributed by atoms with van der Waals surface area (Å²) in [6, 6.07) is 27.0. The van der Waals surface area contributed by atoms with Gasteiger partial charge in [-0.25, -0.2) is 4.98 Å². The van der Waals surface area contributed by atoms with Gasteiger partial charge in [-0.2, -0.15) is 0 Å². The molecule has 0 spiro atoms. The van der Waals surface area contributed by atoms with E-state index in [1.165, 1.54) is 10.8 Å². The Labute approximate surface area is 292 Å². The van der Waals surface area contributed by atoms with Gasteiger partial charge in [0.2, 0.25) is 5.71 Å². The number of benzene rings is 2. The average molecular weight is 816 g/mol. The fourth-order valence-corrected chi connectivity index (χ4v) is 6.92. The van der Waals surface area contributed by atoms with Crippen molar-refractivity contribution in [2.24, 2.45) is 0 Å². The van der Waals surface area contributed by atoms with E-state index in [1.807, 2.05) is 48.8 Å². The molecule has 5 aromatic heterocycles. The molecule has 0 amide bonds. The van der Waals surface area contributed by atoms with Crippen LogP contribution < -0.4 is 5.19 Å². The predicted molar refractivity (Wildman–Crippen MR) is 192 cm³/mol. The minimum Gasteiger partial charge on any atom is -0.486 e. The third kappa shape index (κ3) is 6.73. The first-order valence-corrected chi connectivity index (χ1v) is 19.6. The van der Waals surface area contributed by atoms with E-state index in [-0.39, 0.29) is 20.1 Å². The van der Waals surface area contributed by atoms with Crippen LogP contribution in [0.1, 0.15) is 57.7 Å². The standard InChI is InChI=1S/C25H25N4O.C14H16NSi.Ir/c1-6-29-22-19(11-13-26-21(22)15(4)5)28-24(29)18-10-9-16(14(2)3)20-17-8-7-12-27-25(17)30-23(18)20;1-16(2,3)13-9-10-14(15-11-13)12-7-5-4-6-8-12;/h7-9,11-15H,6H2,1-5H3;4-7,9-11H,1-3H3;/q2*-1;. The molecule has 243 valence electrons. The number of imidazole rings is 1. The summed E-state index contributed by atoms with van der Waals surface area (Å²) in [7, 11) is -1.23. The van der Waals surface area contributed by atoms with Crippen LogP contribution in [0.3, 0.4) is 0 Å². The van der Waals surface area contributed by atoms with Gasteiger partial charge in [-0.15, -0.1) is 53.6 Å². The molecule has 0 bridgehead atoms. The molecule has 0 aliphatic carbocycles. The van der Waals surface area contributed by atoms with Gasteiger partial charge in [0.15, 0.2) is 0 Å². The molecule has 0 aliphatic rings. The van der Waals surface area contributed by atoms with Gasteiger partial charge in [0.25, 0.3) is 0 Å². The van der Waals surface area contributed by atoms with Gasteiger partial charge in [0.05, 0.1) is 36.2 Å². The van der Waals surface area contributed by atoms with E-state index in [4.69, 9.17) is 9.40 Å². The molecule has 5 heterocycles. The van der Waals surface area contributed by atoms with Crippen LogP contribution in [0.5, 0.6) is 0 Å². The molecule has 1 radical (unpaired) electrons. The maximum absolute atomic E-state index is 6.29. The third-order valence-electron chi connectivity index (χ3n) is 8.36. The van der Waals surface area contributed by atoms with Gasteiger partial charge in [0.1, 0.15) is 0 Å². The molecule has 0 N–H and O–H groups in total. The average Bonchev–Trinajstić information content (AvgIpc) is 3.63. The zero-order valence-corrected chi connectivity index (χ0v) is 31.7.